The van der Waals surface area contributed by atoms with E-state index < -0.39 is 24.0 Å². The van der Waals surface area contributed by atoms with Gasteiger partial charge in [-0.15, -0.1) is 0 Å². The van der Waals surface area contributed by atoms with Crippen LogP contribution >= 0.6 is 24.0 Å². The molecule has 0 aliphatic carbocycles. The van der Waals surface area contributed by atoms with Crippen LogP contribution in [0.25, 0.3) is 0 Å². The summed E-state index contributed by atoms with van der Waals surface area (Å²) in [5.41, 5.74) is 0.792. The van der Waals surface area contributed by atoms with Gasteiger partial charge in [-0.3, -0.25) is 14.4 Å². The number of nitrogens with one attached hydrogen (secondary N) is 2. The maximum Gasteiger partial charge on any atom is 0.326 e. The van der Waals surface area contributed by atoms with Crippen LogP contribution in [0.5, 0.6) is 0 Å². The molecule has 1 rings (SSSR count). The van der Waals surface area contributed by atoms with Gasteiger partial charge in [0.15, 0.2) is 5.78 Å². The highest BCUT2D eigenvalue weighted by molar-refractivity contribution is 7.98. The molecule has 0 saturated heterocycles. The summed E-state index contributed by atoms with van der Waals surface area (Å²) in [6, 6.07) is 7.12. The minimum Gasteiger partial charge on any atom is -0.480 e. The summed E-state index contributed by atoms with van der Waals surface area (Å²) >= 11 is 6.08. The van der Waals surface area contributed by atoms with Crippen molar-refractivity contribution in [3.8, 4) is 0 Å². The zero-order valence-electron chi connectivity index (χ0n) is 17.0. The van der Waals surface area contributed by atoms with Gasteiger partial charge in [-0.05, 0) is 36.8 Å². The molecule has 0 unspecified atom stereocenters. The summed E-state index contributed by atoms with van der Waals surface area (Å²) in [5.74, 6) is -1.46. The maximum atomic E-state index is 12.7. The van der Waals surface area contributed by atoms with Crippen LogP contribution in [0.2, 0.25) is 0 Å². The molecule has 3 N–H and O–H groups in total. The number of Topliss-reactive ketones (excluding diaryl/α,β-unsaturated/α-hetero) is 1. The molecule has 0 bridgehead atoms. The number of benzene rings is 1. The van der Waals surface area contributed by atoms with Gasteiger partial charge in [0.2, 0.25) is 11.8 Å². The van der Waals surface area contributed by atoms with Gasteiger partial charge in [0.25, 0.3) is 0 Å². The Morgan fingerprint density at radius 2 is 1.73 bits per heavy atom. The van der Waals surface area contributed by atoms with Gasteiger partial charge >= 0.3 is 5.97 Å². The van der Waals surface area contributed by atoms with Crippen molar-refractivity contribution in [2.75, 3.05) is 12.0 Å². The van der Waals surface area contributed by atoms with E-state index in [1.165, 1.54) is 11.8 Å². The van der Waals surface area contributed by atoms with E-state index in [0.29, 0.717) is 31.4 Å². The van der Waals surface area contributed by atoms with E-state index in [4.69, 9.17) is 0 Å². The second-order valence-corrected chi connectivity index (χ2v) is 8.00. The molecule has 9 heteroatoms. The van der Waals surface area contributed by atoms with Crippen LogP contribution < -0.4 is 10.6 Å². The lowest BCUT2D eigenvalue weighted by Gasteiger charge is -2.21. The molecule has 0 spiro atoms. The second-order valence-electron chi connectivity index (χ2n) is 6.78. The van der Waals surface area contributed by atoms with Crippen molar-refractivity contribution in [1.82, 2.24) is 10.6 Å². The van der Waals surface area contributed by atoms with E-state index in [9.17, 15) is 24.3 Å². The number of amides is 2. The summed E-state index contributed by atoms with van der Waals surface area (Å²) in [4.78, 5) is 47.7. The first-order valence-electron chi connectivity index (χ1n) is 9.70. The number of rotatable bonds is 15. The second kappa shape index (κ2) is 14.7. The topological polar surface area (TPSA) is 113 Å². The van der Waals surface area contributed by atoms with Gasteiger partial charge in [-0.2, -0.15) is 11.8 Å². The van der Waals surface area contributed by atoms with Crippen molar-refractivity contribution in [3.63, 3.8) is 0 Å². The van der Waals surface area contributed by atoms with E-state index in [0.717, 1.165) is 10.9 Å². The largest absolute Gasteiger partial charge is 0.480 e. The van der Waals surface area contributed by atoms with Gasteiger partial charge in [-0.25, -0.2) is 4.79 Å². The molecule has 0 aliphatic rings. The Morgan fingerprint density at radius 3 is 2.33 bits per heavy atom. The van der Waals surface area contributed by atoms with Crippen LogP contribution in [0.4, 0.5) is 0 Å². The van der Waals surface area contributed by atoms with Crippen molar-refractivity contribution < 1.29 is 24.3 Å². The molecule has 7 nitrogen and oxygen atoms in total. The van der Waals surface area contributed by atoms with Crippen molar-refractivity contribution in [3.05, 3.63) is 35.9 Å². The molecular weight excluding hydrogens is 424 g/mol. The molecule has 0 aromatic heterocycles. The number of thiocarbonyl (C=S) groups is 1. The average molecular weight is 453 g/mol. The van der Waals surface area contributed by atoms with Gasteiger partial charge in [0.05, 0.1) is 0 Å². The highest BCUT2D eigenvalue weighted by atomic mass is 32.2. The van der Waals surface area contributed by atoms with Gasteiger partial charge < -0.3 is 15.7 Å². The molecule has 2 atom stereocenters. The number of unbranched alkanes of at least 4 members (excludes halogenated alkanes) is 1. The Kier molecular flexibility index (Phi) is 12.6. The van der Waals surface area contributed by atoms with E-state index in [-0.39, 0.29) is 24.5 Å². The Morgan fingerprint density at radius 1 is 1.07 bits per heavy atom. The molecule has 0 saturated carbocycles. The number of carboxylic acid groups (broad SMARTS) is 1. The van der Waals surface area contributed by atoms with E-state index in [1.54, 1.807) is 24.3 Å². The SMILES string of the molecule is CSCC[C@H](NC(=O)CCCCC(=O)C=S)C(=O)N[C@@H](Cc1ccccc1)C(=O)O. The summed E-state index contributed by atoms with van der Waals surface area (Å²) in [6.45, 7) is 0. The highest BCUT2D eigenvalue weighted by Crippen LogP contribution is 2.07. The van der Waals surface area contributed by atoms with Crippen LogP contribution in [-0.2, 0) is 25.6 Å². The molecule has 0 fully saturated rings. The Hall–Kier alpha value is -2.26. The summed E-state index contributed by atoms with van der Waals surface area (Å²) in [5, 5.41) is 15.8. The summed E-state index contributed by atoms with van der Waals surface area (Å²) in [7, 11) is 0. The van der Waals surface area contributed by atoms with Crippen LogP contribution in [0, 0.1) is 0 Å². The van der Waals surface area contributed by atoms with Crippen molar-refractivity contribution in [1.29, 1.82) is 0 Å². The normalized spacial score (nSPS) is 12.4. The minimum atomic E-state index is -1.13. The maximum absolute atomic E-state index is 12.7. The monoisotopic (exact) mass is 452 g/mol. The number of ketones is 1. The van der Waals surface area contributed by atoms with Crippen LogP contribution in [-0.4, -0.2) is 58.1 Å². The van der Waals surface area contributed by atoms with Crippen LogP contribution in [0.15, 0.2) is 30.3 Å². The van der Waals surface area contributed by atoms with Gasteiger partial charge in [-0.1, -0.05) is 42.5 Å². The predicted octanol–water partition coefficient (Wildman–Crippen LogP) is 2.17. The molecule has 1 aromatic carbocycles. The third kappa shape index (κ3) is 10.5. The minimum absolute atomic E-state index is 0.138. The highest BCUT2D eigenvalue weighted by Gasteiger charge is 2.26. The first kappa shape index (κ1) is 25.8. The Bertz CT molecular complexity index is 727. The molecule has 30 heavy (non-hydrogen) atoms. The lowest BCUT2D eigenvalue weighted by atomic mass is 10.1. The first-order chi connectivity index (χ1) is 14.4. The number of hydrogen-bond donors (Lipinski definition) is 3. The fraction of sp³-hybridized carbons (Fsp3) is 0.476. The lowest BCUT2D eigenvalue weighted by molar-refractivity contribution is -0.142. The average Bonchev–Trinajstić information content (AvgIpc) is 2.73. The summed E-state index contributed by atoms with van der Waals surface area (Å²) in [6.07, 6.45) is 3.95. The zero-order valence-corrected chi connectivity index (χ0v) is 18.6. The number of carbonyl (C=O) groups excluding carboxylic acids is 3. The quantitative estimate of drug-likeness (QED) is 0.276. The van der Waals surface area contributed by atoms with E-state index >= 15 is 0 Å². The van der Waals surface area contributed by atoms with E-state index in [2.05, 4.69) is 22.9 Å². The van der Waals surface area contributed by atoms with Crippen LogP contribution in [0.3, 0.4) is 0 Å². The predicted molar refractivity (Wildman–Crippen MR) is 122 cm³/mol. The third-order valence-corrected chi connectivity index (χ3v) is 5.27. The standard InChI is InChI=1S/C21H28N2O5S2/c1-30-12-11-17(22-19(25)10-6-5-9-16(24)14-29)20(26)23-18(21(27)28)13-15-7-3-2-4-8-15/h2-4,7-8,14,17-18H,5-6,9-13H2,1H3,(H,22,25)(H,23,26)(H,27,28)/t17-,18-/m0/s1. The molecule has 0 heterocycles. The van der Waals surface area contributed by atoms with Gasteiger partial charge in [0, 0.05) is 24.6 Å². The van der Waals surface area contributed by atoms with Gasteiger partial charge in [0.1, 0.15) is 12.1 Å². The van der Waals surface area contributed by atoms with E-state index in [1.807, 2.05) is 12.3 Å². The smallest absolute Gasteiger partial charge is 0.326 e. The third-order valence-electron chi connectivity index (χ3n) is 4.37. The van der Waals surface area contributed by atoms with Crippen molar-refractivity contribution in [2.45, 2.75) is 50.6 Å². The lowest BCUT2D eigenvalue weighted by Crippen LogP contribution is -2.52. The molecule has 0 aliphatic heterocycles. The number of hydrogen-bond acceptors (Lipinski definition) is 6. The number of carboxylic acids is 1. The summed E-state index contributed by atoms with van der Waals surface area (Å²) < 4.78 is 0. The zero-order chi connectivity index (χ0) is 22.4. The number of carbonyl (C=O) groups is 4. The van der Waals surface area contributed by atoms with Crippen molar-refractivity contribution >= 4 is 52.9 Å². The fourth-order valence-corrected chi connectivity index (χ4v) is 3.33. The number of thioether (sulfide) groups is 1. The molecular formula is C21H28N2O5S2. The fourth-order valence-electron chi connectivity index (χ4n) is 2.74. The van der Waals surface area contributed by atoms with Crippen LogP contribution in [0.1, 0.15) is 37.7 Å². The van der Waals surface area contributed by atoms with Crippen molar-refractivity contribution in [2.24, 2.45) is 0 Å². The molecule has 164 valence electrons. The Balaban J connectivity index is 2.64. The molecule has 0 radical (unpaired) electrons. The molecule has 1 aromatic rings. The Labute approximate surface area is 186 Å². The first-order valence-corrected chi connectivity index (χ1v) is 11.6. The number of aliphatic carboxylic acids is 1. The molecule has 2 amide bonds.